The van der Waals surface area contributed by atoms with Gasteiger partial charge in [-0.2, -0.15) is 5.10 Å². The van der Waals surface area contributed by atoms with E-state index in [1.54, 1.807) is 23.9 Å². The van der Waals surface area contributed by atoms with E-state index in [2.05, 4.69) is 10.4 Å². The van der Waals surface area contributed by atoms with Crippen molar-refractivity contribution in [3.63, 3.8) is 0 Å². The van der Waals surface area contributed by atoms with Gasteiger partial charge in [-0.25, -0.2) is 9.07 Å². The summed E-state index contributed by atoms with van der Waals surface area (Å²) in [4.78, 5) is 12.6. The van der Waals surface area contributed by atoms with Gasteiger partial charge in [0.25, 0.3) is 0 Å². The lowest BCUT2D eigenvalue weighted by molar-refractivity contribution is -0.115. The van der Waals surface area contributed by atoms with Crippen LogP contribution in [0.3, 0.4) is 0 Å². The number of nitrogens with zero attached hydrogens (tertiary/aromatic N) is 2. The van der Waals surface area contributed by atoms with Crippen molar-refractivity contribution in [2.75, 3.05) is 12.4 Å². The predicted octanol–water partition coefficient (Wildman–Crippen LogP) is 4.49. The molecule has 144 valence electrons. The summed E-state index contributed by atoms with van der Waals surface area (Å²) < 4.78 is 21.5. The zero-order chi connectivity index (χ0) is 19.8. The molecule has 28 heavy (non-hydrogen) atoms. The van der Waals surface area contributed by atoms with Crippen LogP contribution in [0.15, 0.2) is 48.5 Å². The number of halogens is 1. The molecule has 7 heteroatoms. The van der Waals surface area contributed by atoms with Gasteiger partial charge >= 0.3 is 0 Å². The van der Waals surface area contributed by atoms with Crippen LogP contribution in [0.1, 0.15) is 29.0 Å². The van der Waals surface area contributed by atoms with E-state index < -0.39 is 0 Å². The van der Waals surface area contributed by atoms with Gasteiger partial charge in [-0.3, -0.25) is 4.79 Å². The minimum absolute atomic E-state index is 0.125. The smallest absolute Gasteiger partial charge is 0.238 e. The van der Waals surface area contributed by atoms with E-state index in [0.29, 0.717) is 11.4 Å². The van der Waals surface area contributed by atoms with Crippen molar-refractivity contribution in [1.29, 1.82) is 0 Å². The Morgan fingerprint density at radius 1 is 1.18 bits per heavy atom. The van der Waals surface area contributed by atoms with Crippen molar-refractivity contribution in [3.05, 3.63) is 71.2 Å². The summed E-state index contributed by atoms with van der Waals surface area (Å²) in [6.07, 6.45) is 0. The first-order valence-corrected chi connectivity index (χ1v) is 9.88. The summed E-state index contributed by atoms with van der Waals surface area (Å²) in [5.74, 6) is 0.901. The van der Waals surface area contributed by atoms with Crippen LogP contribution in [0.25, 0.3) is 5.69 Å². The molecular weight excluding hydrogens is 377 g/mol. The number of amides is 1. The van der Waals surface area contributed by atoms with Crippen molar-refractivity contribution < 1.29 is 13.9 Å². The lowest BCUT2D eigenvalue weighted by atomic mass is 10.0. The molecule has 2 heterocycles. The molecule has 4 rings (SSSR count). The van der Waals surface area contributed by atoms with Crippen LogP contribution in [0.5, 0.6) is 5.75 Å². The maximum Gasteiger partial charge on any atom is 0.238 e. The molecule has 0 fully saturated rings. The summed E-state index contributed by atoms with van der Waals surface area (Å²) >= 11 is 1.43. The van der Waals surface area contributed by atoms with Crippen molar-refractivity contribution in [3.8, 4) is 11.4 Å². The first-order valence-electron chi connectivity index (χ1n) is 8.94. The average molecular weight is 397 g/mol. The number of hydrogen-bond acceptors (Lipinski definition) is 4. The third-order valence-electron chi connectivity index (χ3n) is 4.82. The summed E-state index contributed by atoms with van der Waals surface area (Å²) in [7, 11) is 1.61. The number of rotatable bonds is 3. The Morgan fingerprint density at radius 3 is 2.57 bits per heavy atom. The third kappa shape index (κ3) is 3.16. The zero-order valence-electron chi connectivity index (χ0n) is 15.8. The molecule has 0 saturated heterocycles. The number of hydrogen-bond donors (Lipinski definition) is 1. The molecule has 5 nitrogen and oxygen atoms in total. The Balaban J connectivity index is 1.90. The van der Waals surface area contributed by atoms with Gasteiger partial charge in [-0.1, -0.05) is 18.2 Å². The lowest BCUT2D eigenvalue weighted by Crippen LogP contribution is -2.22. The standard InChI is InChI=1S/C21H20FN3O2S/c1-12-18-19(16-6-4-5-7-17(16)22)28-13(2)21(26)23-20(18)25(24-12)14-8-10-15(27-3)11-9-14/h4-11,13,19H,1-3H3,(H,23,26)/t13-,19+/m0/s1. The minimum atomic E-state index is -0.336. The Morgan fingerprint density at radius 2 is 1.89 bits per heavy atom. The van der Waals surface area contributed by atoms with E-state index in [4.69, 9.17) is 4.74 Å². The molecule has 1 N–H and O–H groups in total. The van der Waals surface area contributed by atoms with Crippen molar-refractivity contribution in [2.45, 2.75) is 24.3 Å². The molecule has 0 unspecified atom stereocenters. The molecule has 1 amide bonds. The highest BCUT2D eigenvalue weighted by Gasteiger charge is 2.35. The van der Waals surface area contributed by atoms with Gasteiger partial charge < -0.3 is 10.1 Å². The fraction of sp³-hybridized carbons (Fsp3) is 0.238. The summed E-state index contributed by atoms with van der Waals surface area (Å²) in [6.45, 7) is 3.72. The number of thioether (sulfide) groups is 1. The molecular formula is C21H20FN3O2S. The lowest BCUT2D eigenvalue weighted by Gasteiger charge is -2.18. The van der Waals surface area contributed by atoms with E-state index in [9.17, 15) is 9.18 Å². The van der Waals surface area contributed by atoms with E-state index >= 15 is 0 Å². The first kappa shape index (κ1) is 18.6. The maximum atomic E-state index is 14.6. The molecule has 0 radical (unpaired) electrons. The van der Waals surface area contributed by atoms with Gasteiger partial charge in [0.15, 0.2) is 0 Å². The average Bonchev–Trinajstić information content (AvgIpc) is 2.95. The van der Waals surface area contributed by atoms with E-state index in [1.165, 1.54) is 17.8 Å². The number of nitrogens with one attached hydrogen (secondary N) is 1. The number of aromatic nitrogens is 2. The highest BCUT2D eigenvalue weighted by atomic mass is 32.2. The molecule has 0 bridgehead atoms. The fourth-order valence-electron chi connectivity index (χ4n) is 3.35. The van der Waals surface area contributed by atoms with Crippen LogP contribution in [-0.4, -0.2) is 28.0 Å². The summed E-state index contributed by atoms with van der Waals surface area (Å²) in [5, 5.41) is 6.98. The molecule has 1 aliphatic heterocycles. The molecule has 1 aliphatic rings. The Hall–Kier alpha value is -2.80. The minimum Gasteiger partial charge on any atom is -0.497 e. The van der Waals surface area contributed by atoms with Crippen LogP contribution < -0.4 is 10.1 Å². The Labute approximate surface area is 166 Å². The van der Waals surface area contributed by atoms with Crippen LogP contribution >= 0.6 is 11.8 Å². The zero-order valence-corrected chi connectivity index (χ0v) is 16.6. The normalized spacial score (nSPS) is 18.9. The molecule has 0 spiro atoms. The van der Waals surface area contributed by atoms with E-state index in [-0.39, 0.29) is 22.2 Å². The second-order valence-corrected chi connectivity index (χ2v) is 8.08. The van der Waals surface area contributed by atoms with Crippen molar-refractivity contribution in [1.82, 2.24) is 9.78 Å². The number of fused-ring (bicyclic) bond motifs is 1. The van der Waals surface area contributed by atoms with Crippen LogP contribution in [0, 0.1) is 12.7 Å². The number of benzene rings is 2. The Kier molecular flexibility index (Phi) is 4.85. The summed E-state index contributed by atoms with van der Waals surface area (Å²) in [6, 6.07) is 14.1. The van der Waals surface area contributed by atoms with Gasteiger partial charge in [0, 0.05) is 11.1 Å². The summed E-state index contributed by atoms with van der Waals surface area (Å²) in [5.41, 5.74) is 2.91. The third-order valence-corrected chi connectivity index (χ3v) is 6.21. The van der Waals surface area contributed by atoms with Gasteiger partial charge in [-0.15, -0.1) is 11.8 Å². The maximum absolute atomic E-state index is 14.6. The largest absolute Gasteiger partial charge is 0.497 e. The van der Waals surface area contributed by atoms with E-state index in [0.717, 1.165) is 22.7 Å². The molecule has 1 aromatic heterocycles. The van der Waals surface area contributed by atoms with Gasteiger partial charge in [0.2, 0.25) is 5.91 Å². The van der Waals surface area contributed by atoms with Crippen molar-refractivity contribution in [2.24, 2.45) is 0 Å². The number of aryl methyl sites for hydroxylation is 1. The second-order valence-electron chi connectivity index (χ2n) is 6.63. The number of methoxy groups -OCH3 is 1. The van der Waals surface area contributed by atoms with Crippen LogP contribution in [-0.2, 0) is 4.79 Å². The monoisotopic (exact) mass is 397 g/mol. The Bertz CT molecular complexity index is 1030. The van der Waals surface area contributed by atoms with Crippen LogP contribution in [0.4, 0.5) is 10.2 Å². The van der Waals surface area contributed by atoms with Gasteiger partial charge in [0.1, 0.15) is 17.4 Å². The number of ether oxygens (including phenoxy) is 1. The van der Waals surface area contributed by atoms with Crippen LogP contribution in [0.2, 0.25) is 0 Å². The van der Waals surface area contributed by atoms with Gasteiger partial charge in [-0.05, 0) is 44.2 Å². The number of carbonyl (C=O) groups is 1. The molecule has 2 aromatic carbocycles. The second kappa shape index (κ2) is 7.31. The molecule has 0 aliphatic carbocycles. The van der Waals surface area contributed by atoms with E-state index in [1.807, 2.05) is 44.2 Å². The highest BCUT2D eigenvalue weighted by Crippen LogP contribution is 2.46. The topological polar surface area (TPSA) is 56.1 Å². The number of anilines is 1. The quantitative estimate of drug-likeness (QED) is 0.707. The molecule has 2 atom stereocenters. The highest BCUT2D eigenvalue weighted by molar-refractivity contribution is 8.01. The fourth-order valence-corrected chi connectivity index (χ4v) is 4.70. The SMILES string of the molecule is COc1ccc(-n2nc(C)c3c2NC(=O)[C@H](C)S[C@@H]3c2ccccc2F)cc1. The first-order chi connectivity index (χ1) is 13.5. The van der Waals surface area contributed by atoms with Crippen molar-refractivity contribution >= 4 is 23.5 Å². The van der Waals surface area contributed by atoms with Gasteiger partial charge in [0.05, 0.1) is 29.0 Å². The molecule has 3 aromatic rings. The molecule has 0 saturated carbocycles. The predicted molar refractivity (Wildman–Crippen MR) is 109 cm³/mol. The number of carbonyl (C=O) groups excluding carboxylic acids is 1.